The average Bonchev–Trinajstić information content (AvgIpc) is 2.39. The summed E-state index contributed by atoms with van der Waals surface area (Å²) in [6.45, 7) is 3.90. The summed E-state index contributed by atoms with van der Waals surface area (Å²) >= 11 is 5.75. The second-order valence-electron chi connectivity index (χ2n) is 3.89. The number of likely N-dealkylation sites (N-methyl/N-ethyl adjacent to an activating group) is 1. The summed E-state index contributed by atoms with van der Waals surface area (Å²) in [5.74, 6) is -0.0270. The molecule has 0 saturated heterocycles. The van der Waals surface area contributed by atoms with Crippen molar-refractivity contribution in [3.8, 4) is 5.75 Å². The maximum absolute atomic E-state index is 11.7. The highest BCUT2D eigenvalue weighted by Crippen LogP contribution is 2.16. The second kappa shape index (κ2) is 7.63. The predicted octanol–water partition coefficient (Wildman–Crippen LogP) is 1.36. The zero-order valence-corrected chi connectivity index (χ0v) is 11.7. The Morgan fingerprint density at radius 1 is 1.26 bits per heavy atom. The Morgan fingerprint density at radius 2 is 1.89 bits per heavy atom. The molecule has 5 nitrogen and oxygen atoms in total. The van der Waals surface area contributed by atoms with E-state index in [1.54, 1.807) is 31.2 Å². The van der Waals surface area contributed by atoms with E-state index in [0.717, 1.165) is 0 Å². The Morgan fingerprint density at radius 3 is 2.47 bits per heavy atom. The van der Waals surface area contributed by atoms with Gasteiger partial charge in [0.05, 0.1) is 6.54 Å². The predicted molar refractivity (Wildman–Crippen MR) is 73.2 cm³/mol. The molecule has 1 aromatic carbocycles. The van der Waals surface area contributed by atoms with Crippen LogP contribution in [0.1, 0.15) is 13.8 Å². The standard InChI is InChI=1S/C13H17ClN2O3/c1-3-15-12(17)8-16-13(18)9(2)19-11-6-4-10(14)5-7-11/h4-7,9H,3,8H2,1-2H3,(H,15,17)(H,16,18). The van der Waals surface area contributed by atoms with Gasteiger partial charge >= 0.3 is 0 Å². The minimum Gasteiger partial charge on any atom is -0.481 e. The number of amides is 2. The third-order valence-electron chi connectivity index (χ3n) is 2.29. The van der Waals surface area contributed by atoms with Crippen LogP contribution in [0, 0.1) is 0 Å². The van der Waals surface area contributed by atoms with Gasteiger partial charge in [0.1, 0.15) is 5.75 Å². The summed E-state index contributed by atoms with van der Waals surface area (Å²) < 4.78 is 5.42. The fourth-order valence-electron chi connectivity index (χ4n) is 1.34. The molecule has 19 heavy (non-hydrogen) atoms. The number of benzene rings is 1. The van der Waals surface area contributed by atoms with Crippen molar-refractivity contribution in [2.24, 2.45) is 0 Å². The number of halogens is 1. The van der Waals surface area contributed by atoms with Gasteiger partial charge in [-0.15, -0.1) is 0 Å². The zero-order valence-electron chi connectivity index (χ0n) is 10.9. The van der Waals surface area contributed by atoms with Crippen LogP contribution in [0.15, 0.2) is 24.3 Å². The Hall–Kier alpha value is -1.75. The summed E-state index contributed by atoms with van der Waals surface area (Å²) in [6, 6.07) is 6.71. The van der Waals surface area contributed by atoms with Crippen LogP contribution in [0.25, 0.3) is 0 Å². The molecule has 0 fully saturated rings. The van der Waals surface area contributed by atoms with E-state index in [-0.39, 0.29) is 18.4 Å². The van der Waals surface area contributed by atoms with E-state index in [9.17, 15) is 9.59 Å². The smallest absolute Gasteiger partial charge is 0.261 e. The maximum Gasteiger partial charge on any atom is 0.261 e. The van der Waals surface area contributed by atoms with E-state index in [2.05, 4.69) is 10.6 Å². The summed E-state index contributed by atoms with van der Waals surface area (Å²) in [4.78, 5) is 22.9. The van der Waals surface area contributed by atoms with Crippen LogP contribution in [0.2, 0.25) is 5.02 Å². The van der Waals surface area contributed by atoms with Crippen molar-refractivity contribution in [1.82, 2.24) is 10.6 Å². The average molecular weight is 285 g/mol. The molecule has 6 heteroatoms. The summed E-state index contributed by atoms with van der Waals surface area (Å²) in [6.07, 6.45) is -0.685. The van der Waals surface area contributed by atoms with Gasteiger partial charge in [0.25, 0.3) is 5.91 Å². The van der Waals surface area contributed by atoms with Crippen molar-refractivity contribution in [2.75, 3.05) is 13.1 Å². The van der Waals surface area contributed by atoms with Crippen LogP contribution in [0.5, 0.6) is 5.75 Å². The topological polar surface area (TPSA) is 67.4 Å². The molecule has 0 bridgehead atoms. The minimum absolute atomic E-state index is 0.0546. The first-order valence-electron chi connectivity index (χ1n) is 5.99. The first-order chi connectivity index (χ1) is 9.02. The molecule has 2 amide bonds. The number of nitrogens with one attached hydrogen (secondary N) is 2. The van der Waals surface area contributed by atoms with E-state index < -0.39 is 6.10 Å². The fourth-order valence-corrected chi connectivity index (χ4v) is 1.47. The van der Waals surface area contributed by atoms with Crippen LogP contribution < -0.4 is 15.4 Å². The van der Waals surface area contributed by atoms with Gasteiger partial charge in [-0.2, -0.15) is 0 Å². The van der Waals surface area contributed by atoms with Crippen LogP contribution in [-0.2, 0) is 9.59 Å². The van der Waals surface area contributed by atoms with Crippen LogP contribution >= 0.6 is 11.6 Å². The van der Waals surface area contributed by atoms with E-state index in [4.69, 9.17) is 16.3 Å². The van der Waals surface area contributed by atoms with Gasteiger partial charge in [-0.3, -0.25) is 9.59 Å². The molecule has 0 aliphatic carbocycles. The van der Waals surface area contributed by atoms with Crippen molar-refractivity contribution in [3.05, 3.63) is 29.3 Å². The highest BCUT2D eigenvalue weighted by Gasteiger charge is 2.15. The summed E-state index contributed by atoms with van der Waals surface area (Å²) in [5.41, 5.74) is 0. The SMILES string of the molecule is CCNC(=O)CNC(=O)C(C)Oc1ccc(Cl)cc1. The molecule has 0 aliphatic rings. The number of hydrogen-bond donors (Lipinski definition) is 2. The maximum atomic E-state index is 11.7. The normalized spacial score (nSPS) is 11.5. The van der Waals surface area contributed by atoms with E-state index in [0.29, 0.717) is 17.3 Å². The quantitative estimate of drug-likeness (QED) is 0.829. The minimum atomic E-state index is -0.685. The highest BCUT2D eigenvalue weighted by atomic mass is 35.5. The van der Waals surface area contributed by atoms with E-state index in [1.165, 1.54) is 0 Å². The first kappa shape index (κ1) is 15.3. The Bertz CT molecular complexity index is 434. The number of carbonyl (C=O) groups is 2. The van der Waals surface area contributed by atoms with Crippen molar-refractivity contribution < 1.29 is 14.3 Å². The molecule has 0 aliphatic heterocycles. The molecular weight excluding hydrogens is 268 g/mol. The molecule has 1 unspecified atom stereocenters. The lowest BCUT2D eigenvalue weighted by Gasteiger charge is -2.14. The van der Waals surface area contributed by atoms with Gasteiger partial charge in [-0.1, -0.05) is 11.6 Å². The van der Waals surface area contributed by atoms with Crippen molar-refractivity contribution in [3.63, 3.8) is 0 Å². The molecule has 0 radical (unpaired) electrons. The number of carbonyl (C=O) groups excluding carboxylic acids is 2. The molecule has 0 heterocycles. The van der Waals surface area contributed by atoms with E-state index in [1.807, 2.05) is 6.92 Å². The lowest BCUT2D eigenvalue weighted by Crippen LogP contribution is -2.42. The summed E-state index contributed by atoms with van der Waals surface area (Å²) in [7, 11) is 0. The van der Waals surface area contributed by atoms with Crippen molar-refractivity contribution in [2.45, 2.75) is 20.0 Å². The van der Waals surface area contributed by atoms with E-state index >= 15 is 0 Å². The molecule has 1 atom stereocenters. The monoisotopic (exact) mass is 284 g/mol. The van der Waals surface area contributed by atoms with Crippen LogP contribution in [0.3, 0.4) is 0 Å². The molecule has 2 N–H and O–H groups in total. The Balaban J connectivity index is 2.40. The van der Waals surface area contributed by atoms with Crippen molar-refractivity contribution in [1.29, 1.82) is 0 Å². The highest BCUT2D eigenvalue weighted by molar-refractivity contribution is 6.30. The lowest BCUT2D eigenvalue weighted by atomic mass is 10.3. The number of hydrogen-bond acceptors (Lipinski definition) is 3. The molecule has 1 rings (SSSR count). The molecule has 104 valence electrons. The third-order valence-corrected chi connectivity index (χ3v) is 2.54. The van der Waals surface area contributed by atoms with Crippen LogP contribution in [0.4, 0.5) is 0 Å². The fraction of sp³-hybridized carbons (Fsp3) is 0.385. The third kappa shape index (κ3) is 5.61. The number of rotatable bonds is 6. The van der Waals surface area contributed by atoms with Gasteiger partial charge in [0.15, 0.2) is 6.10 Å². The first-order valence-corrected chi connectivity index (χ1v) is 6.37. The van der Waals surface area contributed by atoms with Gasteiger partial charge in [-0.25, -0.2) is 0 Å². The van der Waals surface area contributed by atoms with Gasteiger partial charge < -0.3 is 15.4 Å². The Labute approximate surface area is 117 Å². The van der Waals surface area contributed by atoms with Gasteiger partial charge in [-0.05, 0) is 38.1 Å². The van der Waals surface area contributed by atoms with Gasteiger partial charge in [0, 0.05) is 11.6 Å². The molecular formula is C13H17ClN2O3. The molecule has 0 aromatic heterocycles. The second-order valence-corrected chi connectivity index (χ2v) is 4.32. The summed E-state index contributed by atoms with van der Waals surface area (Å²) in [5, 5.41) is 5.68. The molecule has 1 aromatic rings. The molecule has 0 spiro atoms. The lowest BCUT2D eigenvalue weighted by molar-refractivity contribution is -0.130. The largest absolute Gasteiger partial charge is 0.481 e. The Kier molecular flexibility index (Phi) is 6.15. The number of ether oxygens (including phenoxy) is 1. The van der Waals surface area contributed by atoms with Crippen LogP contribution in [-0.4, -0.2) is 31.0 Å². The zero-order chi connectivity index (χ0) is 14.3. The molecule has 0 saturated carbocycles. The van der Waals surface area contributed by atoms with Gasteiger partial charge in [0.2, 0.25) is 5.91 Å². The van der Waals surface area contributed by atoms with Crippen molar-refractivity contribution >= 4 is 23.4 Å².